The Morgan fingerprint density at radius 1 is 1.36 bits per heavy atom. The highest BCUT2D eigenvalue weighted by atomic mass is 32.2. The van der Waals surface area contributed by atoms with Crippen LogP contribution in [0.2, 0.25) is 0 Å². The number of nitrogen functional groups attached to an aromatic ring is 1. The molecule has 0 radical (unpaired) electrons. The van der Waals surface area contributed by atoms with Crippen LogP contribution >= 0.6 is 0 Å². The summed E-state index contributed by atoms with van der Waals surface area (Å²) in [6, 6.07) is 4.96. The Balaban J connectivity index is 2.51. The fourth-order valence-corrected chi connectivity index (χ4v) is 2.19. The van der Waals surface area contributed by atoms with E-state index in [9.17, 15) is 8.42 Å². The molecule has 1 fully saturated rings. The number of hydrogen-bond acceptors (Lipinski definition) is 3. The predicted molar refractivity (Wildman–Crippen MR) is 55.9 cm³/mol. The van der Waals surface area contributed by atoms with Gasteiger partial charge >= 0.3 is 0 Å². The molecular weight excluding hydrogens is 198 g/mol. The van der Waals surface area contributed by atoms with Gasteiger partial charge in [0.25, 0.3) is 0 Å². The fraction of sp³-hybridized carbons (Fsp3) is 0.400. The third kappa shape index (κ3) is 1.75. The number of benzene rings is 1. The first-order valence-electron chi connectivity index (χ1n) is 4.58. The molecule has 0 bridgehead atoms. The Morgan fingerprint density at radius 3 is 2.50 bits per heavy atom. The molecule has 1 aromatic rings. The predicted octanol–water partition coefficient (Wildman–Crippen LogP) is 1.55. The molecule has 0 amide bonds. The summed E-state index contributed by atoms with van der Waals surface area (Å²) < 4.78 is 22.6. The molecule has 76 valence electrons. The van der Waals surface area contributed by atoms with E-state index < -0.39 is 9.84 Å². The summed E-state index contributed by atoms with van der Waals surface area (Å²) in [6.07, 6.45) is 3.46. The van der Waals surface area contributed by atoms with E-state index in [2.05, 4.69) is 0 Å². The molecule has 3 nitrogen and oxygen atoms in total. The van der Waals surface area contributed by atoms with E-state index >= 15 is 0 Å². The van der Waals surface area contributed by atoms with Crippen molar-refractivity contribution >= 4 is 15.5 Å². The molecule has 1 aliphatic rings. The van der Waals surface area contributed by atoms with Crippen LogP contribution in [0.3, 0.4) is 0 Å². The molecule has 2 N–H and O–H groups in total. The molecule has 0 aromatic heterocycles. The molecule has 1 saturated carbocycles. The number of hydrogen-bond donors (Lipinski definition) is 1. The van der Waals surface area contributed by atoms with Gasteiger partial charge < -0.3 is 5.73 Å². The van der Waals surface area contributed by atoms with E-state index in [0.29, 0.717) is 16.5 Å². The lowest BCUT2D eigenvalue weighted by molar-refractivity contribution is 0.602. The molecule has 1 aliphatic carbocycles. The summed E-state index contributed by atoms with van der Waals surface area (Å²) in [5.74, 6) is 0.483. The van der Waals surface area contributed by atoms with Crippen LogP contribution in [0, 0.1) is 0 Å². The summed E-state index contributed by atoms with van der Waals surface area (Å²) >= 11 is 0. The quantitative estimate of drug-likeness (QED) is 0.755. The monoisotopic (exact) mass is 211 g/mol. The number of nitrogens with two attached hydrogens (primary N) is 1. The van der Waals surface area contributed by atoms with Crippen LogP contribution in [-0.2, 0) is 9.84 Å². The average Bonchev–Trinajstić information content (AvgIpc) is 2.85. The summed E-state index contributed by atoms with van der Waals surface area (Å²) in [5.41, 5.74) is 7.48. The zero-order chi connectivity index (χ0) is 10.3. The van der Waals surface area contributed by atoms with Gasteiger partial charge in [0.1, 0.15) is 0 Å². The third-order valence-electron chi connectivity index (χ3n) is 2.50. The SMILES string of the molecule is CS(=O)(=O)c1ccc(N)c(C2CC2)c1. The highest BCUT2D eigenvalue weighted by Crippen LogP contribution is 2.43. The summed E-state index contributed by atoms with van der Waals surface area (Å²) in [4.78, 5) is 0.369. The van der Waals surface area contributed by atoms with Gasteiger partial charge in [0.05, 0.1) is 4.90 Å². The van der Waals surface area contributed by atoms with Crippen molar-refractivity contribution in [3.63, 3.8) is 0 Å². The highest BCUT2D eigenvalue weighted by molar-refractivity contribution is 7.90. The maximum atomic E-state index is 11.3. The number of sulfone groups is 1. The van der Waals surface area contributed by atoms with Crippen LogP contribution in [-0.4, -0.2) is 14.7 Å². The second-order valence-corrected chi connectivity index (χ2v) is 5.85. The lowest BCUT2D eigenvalue weighted by Crippen LogP contribution is -2.00. The maximum Gasteiger partial charge on any atom is 0.175 e. The standard InChI is InChI=1S/C10H13NO2S/c1-14(12,13)8-4-5-10(11)9(6-8)7-2-3-7/h4-7H,2-3,11H2,1H3. The van der Waals surface area contributed by atoms with Crippen molar-refractivity contribution in [3.05, 3.63) is 23.8 Å². The lowest BCUT2D eigenvalue weighted by atomic mass is 10.1. The second kappa shape index (κ2) is 2.98. The van der Waals surface area contributed by atoms with Gasteiger partial charge in [0, 0.05) is 11.9 Å². The molecule has 2 rings (SSSR count). The Bertz CT molecular complexity index is 461. The zero-order valence-electron chi connectivity index (χ0n) is 8.03. The second-order valence-electron chi connectivity index (χ2n) is 3.84. The van der Waals surface area contributed by atoms with E-state index in [1.807, 2.05) is 0 Å². The molecule has 0 saturated heterocycles. The first-order chi connectivity index (χ1) is 6.48. The lowest BCUT2D eigenvalue weighted by Gasteiger charge is -2.05. The van der Waals surface area contributed by atoms with Gasteiger partial charge in [-0.1, -0.05) is 0 Å². The minimum absolute atomic E-state index is 0.369. The Morgan fingerprint density at radius 2 is 2.00 bits per heavy atom. The van der Waals surface area contributed by atoms with E-state index in [4.69, 9.17) is 5.73 Å². The smallest absolute Gasteiger partial charge is 0.175 e. The Hall–Kier alpha value is -1.03. The van der Waals surface area contributed by atoms with Crippen LogP contribution in [0.4, 0.5) is 5.69 Å². The van der Waals surface area contributed by atoms with Crippen LogP contribution in [0.1, 0.15) is 24.3 Å². The average molecular weight is 211 g/mol. The molecule has 0 heterocycles. The van der Waals surface area contributed by atoms with Crippen molar-refractivity contribution < 1.29 is 8.42 Å². The van der Waals surface area contributed by atoms with Crippen LogP contribution in [0.15, 0.2) is 23.1 Å². The number of rotatable bonds is 2. The van der Waals surface area contributed by atoms with Crippen molar-refractivity contribution in [1.82, 2.24) is 0 Å². The zero-order valence-corrected chi connectivity index (χ0v) is 8.84. The topological polar surface area (TPSA) is 60.2 Å². The van der Waals surface area contributed by atoms with Crippen molar-refractivity contribution in [3.8, 4) is 0 Å². The largest absolute Gasteiger partial charge is 0.398 e. The van der Waals surface area contributed by atoms with E-state index in [1.165, 1.54) is 6.26 Å². The van der Waals surface area contributed by atoms with Crippen LogP contribution in [0.25, 0.3) is 0 Å². The molecule has 0 atom stereocenters. The van der Waals surface area contributed by atoms with E-state index in [0.717, 1.165) is 18.4 Å². The van der Waals surface area contributed by atoms with Gasteiger partial charge in [0.15, 0.2) is 9.84 Å². The van der Waals surface area contributed by atoms with Gasteiger partial charge in [-0.15, -0.1) is 0 Å². The first kappa shape index (κ1) is 9.52. The minimum atomic E-state index is -3.10. The van der Waals surface area contributed by atoms with Gasteiger partial charge in [-0.2, -0.15) is 0 Å². The van der Waals surface area contributed by atoms with Gasteiger partial charge in [-0.25, -0.2) is 8.42 Å². The van der Waals surface area contributed by atoms with Crippen molar-refractivity contribution in [2.45, 2.75) is 23.7 Å². The van der Waals surface area contributed by atoms with Gasteiger partial charge in [-0.3, -0.25) is 0 Å². The first-order valence-corrected chi connectivity index (χ1v) is 6.47. The minimum Gasteiger partial charge on any atom is -0.398 e. The maximum absolute atomic E-state index is 11.3. The van der Waals surface area contributed by atoms with Gasteiger partial charge in [-0.05, 0) is 42.5 Å². The fourth-order valence-electron chi connectivity index (χ4n) is 1.53. The van der Waals surface area contributed by atoms with Crippen LogP contribution in [0.5, 0.6) is 0 Å². The Labute approximate surface area is 83.9 Å². The van der Waals surface area contributed by atoms with Crippen molar-refractivity contribution in [1.29, 1.82) is 0 Å². The molecule has 0 unspecified atom stereocenters. The third-order valence-corrected chi connectivity index (χ3v) is 3.61. The van der Waals surface area contributed by atoms with E-state index in [1.54, 1.807) is 18.2 Å². The van der Waals surface area contributed by atoms with E-state index in [-0.39, 0.29) is 0 Å². The van der Waals surface area contributed by atoms with Crippen molar-refractivity contribution in [2.75, 3.05) is 12.0 Å². The molecule has 14 heavy (non-hydrogen) atoms. The molecule has 0 aliphatic heterocycles. The molecular formula is C10H13NO2S. The number of anilines is 1. The summed E-state index contributed by atoms with van der Waals surface area (Å²) in [5, 5.41) is 0. The molecule has 4 heteroatoms. The molecule has 0 spiro atoms. The van der Waals surface area contributed by atoms with Crippen molar-refractivity contribution in [2.24, 2.45) is 0 Å². The summed E-state index contributed by atoms with van der Waals surface area (Å²) in [6.45, 7) is 0. The normalized spacial score (nSPS) is 16.9. The molecule has 1 aromatic carbocycles. The Kier molecular flexibility index (Phi) is 2.03. The summed E-state index contributed by atoms with van der Waals surface area (Å²) in [7, 11) is -3.10. The van der Waals surface area contributed by atoms with Crippen LogP contribution < -0.4 is 5.73 Å². The highest BCUT2D eigenvalue weighted by Gasteiger charge is 2.26. The van der Waals surface area contributed by atoms with Gasteiger partial charge in [0.2, 0.25) is 0 Å².